The van der Waals surface area contributed by atoms with Gasteiger partial charge in [0.1, 0.15) is 0 Å². The predicted molar refractivity (Wildman–Crippen MR) is 83.2 cm³/mol. The van der Waals surface area contributed by atoms with Crippen LogP contribution in [0.25, 0.3) is 0 Å². The van der Waals surface area contributed by atoms with Gasteiger partial charge in [-0.05, 0) is 43.4 Å². The molecule has 1 amide bonds. The van der Waals surface area contributed by atoms with Crippen LogP contribution in [0.4, 0.5) is 0 Å². The summed E-state index contributed by atoms with van der Waals surface area (Å²) in [4.78, 5) is 15.3. The second-order valence-electron chi connectivity index (χ2n) is 5.75. The van der Waals surface area contributed by atoms with Crippen LogP contribution >= 0.6 is 11.8 Å². The van der Waals surface area contributed by atoms with Crippen LogP contribution in [0.5, 0.6) is 0 Å². The molecule has 0 heterocycles. The van der Waals surface area contributed by atoms with E-state index in [9.17, 15) is 9.90 Å². The zero-order chi connectivity index (χ0) is 14.6. The van der Waals surface area contributed by atoms with E-state index in [1.54, 1.807) is 16.7 Å². The largest absolute Gasteiger partial charge is 0.396 e. The molecule has 0 radical (unpaired) electrons. The van der Waals surface area contributed by atoms with Gasteiger partial charge in [-0.25, -0.2) is 0 Å². The third-order valence-corrected chi connectivity index (χ3v) is 5.00. The highest BCUT2D eigenvalue weighted by Crippen LogP contribution is 2.38. The molecule has 0 spiro atoms. The number of rotatable bonds is 5. The molecule has 0 unspecified atom stereocenters. The van der Waals surface area contributed by atoms with Crippen molar-refractivity contribution in [1.82, 2.24) is 4.90 Å². The number of amides is 1. The SMILES string of the molecule is CSc1ccc(C(=O)N(C)CC2(CO)CCCC2)cc1. The fourth-order valence-corrected chi connectivity index (χ4v) is 3.43. The quantitative estimate of drug-likeness (QED) is 0.848. The highest BCUT2D eigenvalue weighted by atomic mass is 32.2. The van der Waals surface area contributed by atoms with E-state index in [0.29, 0.717) is 6.54 Å². The Labute approximate surface area is 125 Å². The number of thioether (sulfide) groups is 1. The summed E-state index contributed by atoms with van der Waals surface area (Å²) in [5.41, 5.74) is 0.639. The number of aliphatic hydroxyl groups is 1. The van der Waals surface area contributed by atoms with Crippen molar-refractivity contribution in [1.29, 1.82) is 0 Å². The Bertz CT molecular complexity index is 452. The Hall–Kier alpha value is -1.00. The summed E-state index contributed by atoms with van der Waals surface area (Å²) in [6.45, 7) is 0.822. The molecule has 2 rings (SSSR count). The Balaban J connectivity index is 2.03. The Morgan fingerprint density at radius 2 is 1.90 bits per heavy atom. The minimum absolute atomic E-state index is 0.0392. The van der Waals surface area contributed by atoms with Gasteiger partial charge in [-0.3, -0.25) is 4.79 Å². The van der Waals surface area contributed by atoms with E-state index in [1.807, 2.05) is 37.6 Å². The molecule has 0 atom stereocenters. The first-order chi connectivity index (χ1) is 9.60. The van der Waals surface area contributed by atoms with Crippen LogP contribution in [-0.2, 0) is 0 Å². The zero-order valence-electron chi connectivity index (χ0n) is 12.3. The molecule has 1 aromatic carbocycles. The molecule has 1 aromatic rings. The molecule has 3 nitrogen and oxygen atoms in total. The highest BCUT2D eigenvalue weighted by Gasteiger charge is 2.35. The number of carbonyl (C=O) groups is 1. The summed E-state index contributed by atoms with van der Waals surface area (Å²) >= 11 is 1.67. The normalized spacial score (nSPS) is 17.1. The van der Waals surface area contributed by atoms with Crippen molar-refractivity contribution in [3.05, 3.63) is 29.8 Å². The summed E-state index contributed by atoms with van der Waals surface area (Å²) in [6, 6.07) is 7.71. The lowest BCUT2D eigenvalue weighted by Gasteiger charge is -2.31. The zero-order valence-corrected chi connectivity index (χ0v) is 13.1. The summed E-state index contributed by atoms with van der Waals surface area (Å²) < 4.78 is 0. The molecule has 0 saturated heterocycles. The van der Waals surface area contributed by atoms with E-state index >= 15 is 0 Å². The van der Waals surface area contributed by atoms with Gasteiger partial charge in [0, 0.05) is 29.5 Å². The lowest BCUT2D eigenvalue weighted by molar-refractivity contribution is 0.0595. The number of carbonyl (C=O) groups excluding carboxylic acids is 1. The second-order valence-corrected chi connectivity index (χ2v) is 6.63. The van der Waals surface area contributed by atoms with Crippen LogP contribution < -0.4 is 0 Å². The number of nitrogens with zero attached hydrogens (tertiary/aromatic N) is 1. The van der Waals surface area contributed by atoms with Crippen molar-refractivity contribution in [2.45, 2.75) is 30.6 Å². The smallest absolute Gasteiger partial charge is 0.253 e. The number of benzene rings is 1. The molecule has 0 aliphatic heterocycles. The van der Waals surface area contributed by atoms with Crippen LogP contribution in [0.3, 0.4) is 0 Å². The molecule has 4 heteroatoms. The highest BCUT2D eigenvalue weighted by molar-refractivity contribution is 7.98. The van der Waals surface area contributed by atoms with Crippen LogP contribution in [0.1, 0.15) is 36.0 Å². The van der Waals surface area contributed by atoms with E-state index in [4.69, 9.17) is 0 Å². The van der Waals surface area contributed by atoms with E-state index in [-0.39, 0.29) is 17.9 Å². The van der Waals surface area contributed by atoms with Crippen LogP contribution in [0, 0.1) is 5.41 Å². The van der Waals surface area contributed by atoms with Crippen LogP contribution in [0.2, 0.25) is 0 Å². The first-order valence-electron chi connectivity index (χ1n) is 7.11. The van der Waals surface area contributed by atoms with Gasteiger partial charge in [0.05, 0.1) is 6.61 Å². The molecule has 0 aromatic heterocycles. The molecular weight excluding hydrogens is 270 g/mol. The average molecular weight is 293 g/mol. The molecule has 110 valence electrons. The molecular formula is C16H23NO2S. The standard InChI is InChI=1S/C16H23NO2S/c1-17(11-16(12-18)9-3-4-10-16)15(19)13-5-7-14(20-2)8-6-13/h5-8,18H,3-4,9-12H2,1-2H3. The van der Waals surface area contributed by atoms with E-state index in [1.165, 1.54) is 0 Å². The van der Waals surface area contributed by atoms with Gasteiger partial charge in [-0.2, -0.15) is 0 Å². The maximum Gasteiger partial charge on any atom is 0.253 e. The molecule has 1 aliphatic carbocycles. The number of hydrogen-bond donors (Lipinski definition) is 1. The minimum Gasteiger partial charge on any atom is -0.396 e. The summed E-state index contributed by atoms with van der Waals surface area (Å²) in [5, 5.41) is 9.65. The summed E-state index contributed by atoms with van der Waals surface area (Å²) in [7, 11) is 1.83. The van der Waals surface area contributed by atoms with Gasteiger partial charge in [0.15, 0.2) is 0 Å². The second kappa shape index (κ2) is 6.64. The maximum atomic E-state index is 12.4. The number of aliphatic hydroxyl groups excluding tert-OH is 1. The van der Waals surface area contributed by atoms with Gasteiger partial charge in [0.2, 0.25) is 0 Å². The predicted octanol–water partition coefficient (Wildman–Crippen LogP) is 3.03. The number of hydrogen-bond acceptors (Lipinski definition) is 3. The summed E-state index contributed by atoms with van der Waals surface area (Å²) in [6.07, 6.45) is 6.38. The monoisotopic (exact) mass is 293 g/mol. The van der Waals surface area contributed by atoms with Crippen molar-refractivity contribution in [2.75, 3.05) is 26.5 Å². The van der Waals surface area contributed by atoms with Gasteiger partial charge >= 0.3 is 0 Å². The lowest BCUT2D eigenvalue weighted by Crippen LogP contribution is -2.39. The Morgan fingerprint density at radius 1 is 1.30 bits per heavy atom. The molecule has 0 bridgehead atoms. The van der Waals surface area contributed by atoms with Crippen LogP contribution in [-0.4, -0.2) is 42.4 Å². The van der Waals surface area contributed by atoms with Crippen molar-refractivity contribution in [3.63, 3.8) is 0 Å². The fourth-order valence-electron chi connectivity index (χ4n) is 3.02. The van der Waals surface area contributed by atoms with Crippen molar-refractivity contribution in [2.24, 2.45) is 5.41 Å². The van der Waals surface area contributed by atoms with E-state index in [0.717, 1.165) is 36.1 Å². The van der Waals surface area contributed by atoms with Gasteiger partial charge in [0.25, 0.3) is 5.91 Å². The molecule has 1 aliphatic rings. The van der Waals surface area contributed by atoms with Gasteiger partial charge < -0.3 is 10.0 Å². The first kappa shape index (κ1) is 15.4. The minimum atomic E-state index is -0.0797. The third kappa shape index (κ3) is 3.36. The van der Waals surface area contributed by atoms with E-state index in [2.05, 4.69) is 0 Å². The third-order valence-electron chi connectivity index (χ3n) is 4.26. The maximum absolute atomic E-state index is 12.4. The van der Waals surface area contributed by atoms with Gasteiger partial charge in [-0.1, -0.05) is 12.8 Å². The summed E-state index contributed by atoms with van der Waals surface area (Å²) in [5.74, 6) is 0.0392. The molecule has 20 heavy (non-hydrogen) atoms. The molecule has 1 saturated carbocycles. The van der Waals surface area contributed by atoms with Crippen LogP contribution in [0.15, 0.2) is 29.2 Å². The molecule has 1 N–H and O–H groups in total. The lowest BCUT2D eigenvalue weighted by atomic mass is 9.86. The first-order valence-corrected chi connectivity index (χ1v) is 8.33. The van der Waals surface area contributed by atoms with Crippen molar-refractivity contribution in [3.8, 4) is 0 Å². The Morgan fingerprint density at radius 3 is 2.40 bits per heavy atom. The Kier molecular flexibility index (Phi) is 5.11. The van der Waals surface area contributed by atoms with Gasteiger partial charge in [-0.15, -0.1) is 11.8 Å². The van der Waals surface area contributed by atoms with E-state index < -0.39 is 0 Å². The average Bonchev–Trinajstić information content (AvgIpc) is 2.95. The fraction of sp³-hybridized carbons (Fsp3) is 0.562. The van der Waals surface area contributed by atoms with Crippen molar-refractivity contribution >= 4 is 17.7 Å². The van der Waals surface area contributed by atoms with Crippen molar-refractivity contribution < 1.29 is 9.90 Å². The molecule has 1 fully saturated rings. The topological polar surface area (TPSA) is 40.5 Å².